The van der Waals surface area contributed by atoms with Crippen molar-refractivity contribution in [2.24, 2.45) is 5.73 Å². The summed E-state index contributed by atoms with van der Waals surface area (Å²) in [6, 6.07) is 4.60. The van der Waals surface area contributed by atoms with E-state index in [-0.39, 0.29) is 5.56 Å². The predicted octanol–water partition coefficient (Wildman–Crippen LogP) is 2.94. The number of hydrogen-bond donors (Lipinski definition) is 2. The third-order valence-electron chi connectivity index (χ3n) is 3.39. The molecule has 0 radical (unpaired) electrons. The van der Waals surface area contributed by atoms with Gasteiger partial charge in [0.25, 0.3) is 5.91 Å². The third kappa shape index (κ3) is 6.52. The number of amides is 2. The lowest BCUT2D eigenvalue weighted by atomic mass is 10.1. The van der Waals surface area contributed by atoms with Crippen molar-refractivity contribution in [1.29, 1.82) is 0 Å². The minimum atomic E-state index is -0.727. The molecule has 2 amide bonds. The van der Waals surface area contributed by atoms with E-state index in [1.54, 1.807) is 0 Å². The maximum atomic E-state index is 13.1. The molecule has 1 atom stereocenters. The molecule has 22 heavy (non-hydrogen) atoms. The summed E-state index contributed by atoms with van der Waals surface area (Å²) >= 11 is 0. The van der Waals surface area contributed by atoms with Gasteiger partial charge in [-0.2, -0.15) is 0 Å². The molecule has 0 spiro atoms. The number of hydrogen-bond acceptors (Lipinski definition) is 2. The second-order valence-electron chi connectivity index (χ2n) is 5.22. The minimum absolute atomic E-state index is 0.178. The van der Waals surface area contributed by atoms with E-state index in [9.17, 15) is 14.0 Å². The van der Waals surface area contributed by atoms with Crippen LogP contribution in [0, 0.1) is 5.82 Å². The highest BCUT2D eigenvalue weighted by Gasteiger charge is 2.18. The van der Waals surface area contributed by atoms with Crippen molar-refractivity contribution in [2.45, 2.75) is 44.6 Å². The Bertz CT molecular complexity index is 517. The second kappa shape index (κ2) is 9.71. The normalized spacial score (nSPS) is 11.7. The highest BCUT2D eigenvalue weighted by molar-refractivity contribution is 5.97. The first kappa shape index (κ1) is 17.9. The first-order valence-corrected chi connectivity index (χ1v) is 7.51. The van der Waals surface area contributed by atoms with Crippen LogP contribution in [0.2, 0.25) is 0 Å². The lowest BCUT2D eigenvalue weighted by Gasteiger charge is -2.15. The molecule has 3 N–H and O–H groups in total. The Balaban J connectivity index is 2.45. The van der Waals surface area contributed by atoms with Crippen LogP contribution >= 0.6 is 0 Å². The topological polar surface area (TPSA) is 72.2 Å². The molecule has 0 fully saturated rings. The summed E-state index contributed by atoms with van der Waals surface area (Å²) in [6.45, 7) is 3.66. The Morgan fingerprint density at radius 1 is 1.27 bits per heavy atom. The highest BCUT2D eigenvalue weighted by atomic mass is 19.1. The lowest BCUT2D eigenvalue weighted by molar-refractivity contribution is -0.120. The first-order valence-electron chi connectivity index (χ1n) is 7.51. The van der Waals surface area contributed by atoms with Crippen LogP contribution in [0.25, 0.3) is 0 Å². The molecule has 0 aliphatic heterocycles. The van der Waals surface area contributed by atoms with E-state index >= 15 is 0 Å². The Labute approximate surface area is 130 Å². The standard InChI is InChI=1S/C17H23FN2O2/c1-2-3-4-5-6-7-11-15(16(19)21)20-17(22)13-9-8-10-14(18)12-13/h2,8-10,12,15H,1,3-7,11H2,(H2,19,21)(H,20,22)/t15-/m1/s1. The van der Waals surface area contributed by atoms with E-state index in [4.69, 9.17) is 5.73 Å². The van der Waals surface area contributed by atoms with Gasteiger partial charge in [-0.15, -0.1) is 6.58 Å². The molecule has 1 aromatic carbocycles. The molecule has 0 heterocycles. The van der Waals surface area contributed by atoms with Gasteiger partial charge in [-0.1, -0.05) is 31.4 Å². The zero-order valence-electron chi connectivity index (χ0n) is 12.7. The summed E-state index contributed by atoms with van der Waals surface area (Å²) in [7, 11) is 0. The largest absolute Gasteiger partial charge is 0.368 e. The predicted molar refractivity (Wildman–Crippen MR) is 84.7 cm³/mol. The minimum Gasteiger partial charge on any atom is -0.368 e. The van der Waals surface area contributed by atoms with Crippen LogP contribution in [0.3, 0.4) is 0 Å². The molecule has 0 aliphatic rings. The molecule has 0 bridgehead atoms. The number of carbonyl (C=O) groups is 2. The van der Waals surface area contributed by atoms with Crippen LogP contribution in [-0.2, 0) is 4.79 Å². The van der Waals surface area contributed by atoms with Gasteiger partial charge in [0.2, 0.25) is 5.91 Å². The molecule has 0 aromatic heterocycles. The Hall–Kier alpha value is -2.17. The number of allylic oxidation sites excluding steroid dienone is 1. The third-order valence-corrected chi connectivity index (χ3v) is 3.39. The SMILES string of the molecule is C=CCCCCCC[C@@H](NC(=O)c1cccc(F)c1)C(N)=O. The van der Waals surface area contributed by atoms with Crippen LogP contribution in [0.4, 0.5) is 4.39 Å². The fraction of sp³-hybridized carbons (Fsp3) is 0.412. The van der Waals surface area contributed by atoms with E-state index < -0.39 is 23.7 Å². The number of benzene rings is 1. The number of primary amides is 1. The van der Waals surface area contributed by atoms with Crippen LogP contribution in [0.1, 0.15) is 48.9 Å². The highest BCUT2D eigenvalue weighted by Crippen LogP contribution is 2.09. The molecule has 0 aliphatic carbocycles. The maximum Gasteiger partial charge on any atom is 0.252 e. The molecule has 120 valence electrons. The van der Waals surface area contributed by atoms with Crippen LogP contribution in [-0.4, -0.2) is 17.9 Å². The van der Waals surface area contributed by atoms with Gasteiger partial charge >= 0.3 is 0 Å². The first-order chi connectivity index (χ1) is 10.5. The van der Waals surface area contributed by atoms with Gasteiger partial charge in [-0.3, -0.25) is 9.59 Å². The smallest absolute Gasteiger partial charge is 0.252 e. The molecule has 0 saturated carbocycles. The maximum absolute atomic E-state index is 13.1. The van der Waals surface area contributed by atoms with Gasteiger partial charge in [-0.05, 0) is 37.5 Å². The molecular weight excluding hydrogens is 283 g/mol. The molecule has 0 unspecified atom stereocenters. The molecule has 4 nitrogen and oxygen atoms in total. The number of unbranched alkanes of at least 4 members (excludes halogenated alkanes) is 4. The van der Waals surface area contributed by atoms with E-state index in [1.807, 2.05) is 6.08 Å². The summed E-state index contributed by atoms with van der Waals surface area (Å²) in [5.74, 6) is -1.56. The van der Waals surface area contributed by atoms with E-state index in [2.05, 4.69) is 11.9 Å². The molecule has 1 aromatic rings. The second-order valence-corrected chi connectivity index (χ2v) is 5.22. The number of carbonyl (C=O) groups excluding carboxylic acids is 2. The van der Waals surface area contributed by atoms with Crippen LogP contribution in [0.5, 0.6) is 0 Å². The monoisotopic (exact) mass is 306 g/mol. The van der Waals surface area contributed by atoms with Gasteiger partial charge in [0.15, 0.2) is 0 Å². The van der Waals surface area contributed by atoms with Crippen molar-refractivity contribution in [3.8, 4) is 0 Å². The summed E-state index contributed by atoms with van der Waals surface area (Å²) in [4.78, 5) is 23.4. The Morgan fingerprint density at radius 3 is 2.64 bits per heavy atom. The van der Waals surface area contributed by atoms with Crippen molar-refractivity contribution in [2.75, 3.05) is 0 Å². The van der Waals surface area contributed by atoms with E-state index in [0.717, 1.165) is 38.2 Å². The average Bonchev–Trinajstić information content (AvgIpc) is 2.49. The van der Waals surface area contributed by atoms with Crippen molar-refractivity contribution in [1.82, 2.24) is 5.32 Å². The van der Waals surface area contributed by atoms with Crippen LogP contribution in [0.15, 0.2) is 36.9 Å². The van der Waals surface area contributed by atoms with Gasteiger partial charge in [0.1, 0.15) is 11.9 Å². The number of nitrogens with two attached hydrogens (primary N) is 1. The Kier molecular flexibility index (Phi) is 7.89. The van der Waals surface area contributed by atoms with E-state index in [0.29, 0.717) is 6.42 Å². The summed E-state index contributed by atoms with van der Waals surface area (Å²) in [6.07, 6.45) is 7.24. The quantitative estimate of drug-likeness (QED) is 0.515. The van der Waals surface area contributed by atoms with Crippen molar-refractivity contribution >= 4 is 11.8 Å². The van der Waals surface area contributed by atoms with Gasteiger partial charge in [0, 0.05) is 5.56 Å². The van der Waals surface area contributed by atoms with Gasteiger partial charge in [0.05, 0.1) is 0 Å². The zero-order valence-corrected chi connectivity index (χ0v) is 12.7. The van der Waals surface area contributed by atoms with Gasteiger partial charge in [-0.25, -0.2) is 4.39 Å². The van der Waals surface area contributed by atoms with Gasteiger partial charge < -0.3 is 11.1 Å². The lowest BCUT2D eigenvalue weighted by Crippen LogP contribution is -2.44. The summed E-state index contributed by atoms with van der Waals surface area (Å²) in [5.41, 5.74) is 5.49. The molecular formula is C17H23FN2O2. The number of halogens is 1. The fourth-order valence-corrected chi connectivity index (χ4v) is 2.15. The molecule has 0 saturated heterocycles. The van der Waals surface area contributed by atoms with Crippen molar-refractivity contribution < 1.29 is 14.0 Å². The fourth-order valence-electron chi connectivity index (χ4n) is 2.15. The average molecular weight is 306 g/mol. The molecule has 1 rings (SSSR count). The Morgan fingerprint density at radius 2 is 2.00 bits per heavy atom. The summed E-state index contributed by atoms with van der Waals surface area (Å²) < 4.78 is 13.1. The van der Waals surface area contributed by atoms with Crippen LogP contribution < -0.4 is 11.1 Å². The molecule has 5 heteroatoms. The van der Waals surface area contributed by atoms with Crippen molar-refractivity contribution in [3.05, 3.63) is 48.3 Å². The van der Waals surface area contributed by atoms with E-state index in [1.165, 1.54) is 18.2 Å². The van der Waals surface area contributed by atoms with Crippen molar-refractivity contribution in [3.63, 3.8) is 0 Å². The zero-order chi connectivity index (χ0) is 16.4. The number of nitrogens with one attached hydrogen (secondary N) is 1. The summed E-state index contributed by atoms with van der Waals surface area (Å²) in [5, 5.41) is 2.57. The number of rotatable bonds is 10.